The quantitative estimate of drug-likeness (QED) is 0.667. The molecule has 0 saturated heterocycles. The first-order valence-electron chi connectivity index (χ1n) is 8.80. The fourth-order valence-corrected chi connectivity index (χ4v) is 2.64. The summed E-state index contributed by atoms with van der Waals surface area (Å²) in [5, 5.41) is 14.4. The summed E-state index contributed by atoms with van der Waals surface area (Å²) in [6, 6.07) is 15.3. The lowest BCUT2D eigenvalue weighted by Gasteiger charge is -2.22. The SMILES string of the molecule is CC(C)C(NC(=O)Cc1ccccc1)C(=O)Nc1ccc(CC(=O)O)cc1. The van der Waals surface area contributed by atoms with E-state index in [1.54, 1.807) is 24.3 Å². The van der Waals surface area contributed by atoms with Gasteiger partial charge in [0.25, 0.3) is 0 Å². The Balaban J connectivity index is 1.97. The summed E-state index contributed by atoms with van der Waals surface area (Å²) in [6.45, 7) is 3.73. The molecule has 6 heteroatoms. The van der Waals surface area contributed by atoms with Crippen molar-refractivity contribution in [1.29, 1.82) is 0 Å². The minimum Gasteiger partial charge on any atom is -0.481 e. The minimum atomic E-state index is -0.909. The Morgan fingerprint density at radius 3 is 2.04 bits per heavy atom. The summed E-state index contributed by atoms with van der Waals surface area (Å²) in [5.74, 6) is -1.52. The highest BCUT2D eigenvalue weighted by Gasteiger charge is 2.24. The van der Waals surface area contributed by atoms with Crippen LogP contribution < -0.4 is 10.6 Å². The highest BCUT2D eigenvalue weighted by molar-refractivity contribution is 5.97. The zero-order valence-corrected chi connectivity index (χ0v) is 15.4. The number of amides is 2. The molecule has 1 atom stereocenters. The molecule has 0 saturated carbocycles. The van der Waals surface area contributed by atoms with E-state index >= 15 is 0 Å². The maximum Gasteiger partial charge on any atom is 0.307 e. The average Bonchev–Trinajstić information content (AvgIpc) is 2.61. The van der Waals surface area contributed by atoms with Gasteiger partial charge in [-0.05, 0) is 29.2 Å². The molecule has 2 aromatic carbocycles. The van der Waals surface area contributed by atoms with Gasteiger partial charge in [0.05, 0.1) is 12.8 Å². The van der Waals surface area contributed by atoms with Crippen LogP contribution in [0.5, 0.6) is 0 Å². The maximum absolute atomic E-state index is 12.6. The van der Waals surface area contributed by atoms with Crippen molar-refractivity contribution in [2.24, 2.45) is 5.92 Å². The number of benzene rings is 2. The van der Waals surface area contributed by atoms with Gasteiger partial charge in [0, 0.05) is 5.69 Å². The molecule has 0 fully saturated rings. The van der Waals surface area contributed by atoms with E-state index in [4.69, 9.17) is 5.11 Å². The second kappa shape index (κ2) is 9.52. The third-order valence-electron chi connectivity index (χ3n) is 4.05. The Morgan fingerprint density at radius 1 is 0.889 bits per heavy atom. The van der Waals surface area contributed by atoms with Crippen molar-refractivity contribution >= 4 is 23.5 Å². The lowest BCUT2D eigenvalue weighted by molar-refractivity contribution is -0.136. The summed E-state index contributed by atoms with van der Waals surface area (Å²) >= 11 is 0. The average molecular weight is 368 g/mol. The summed E-state index contributed by atoms with van der Waals surface area (Å²) in [6.07, 6.45) is 0.139. The summed E-state index contributed by atoms with van der Waals surface area (Å²) in [4.78, 5) is 35.6. The van der Waals surface area contributed by atoms with Crippen molar-refractivity contribution in [3.8, 4) is 0 Å². The van der Waals surface area contributed by atoms with E-state index < -0.39 is 12.0 Å². The molecule has 142 valence electrons. The molecule has 0 aliphatic rings. The third-order valence-corrected chi connectivity index (χ3v) is 4.05. The van der Waals surface area contributed by atoms with Crippen LogP contribution in [0, 0.1) is 5.92 Å². The number of carboxylic acid groups (broad SMARTS) is 1. The topological polar surface area (TPSA) is 95.5 Å². The van der Waals surface area contributed by atoms with E-state index in [0.29, 0.717) is 11.3 Å². The highest BCUT2D eigenvalue weighted by Crippen LogP contribution is 2.12. The van der Waals surface area contributed by atoms with Gasteiger partial charge in [-0.2, -0.15) is 0 Å². The van der Waals surface area contributed by atoms with Crippen LogP contribution in [0.25, 0.3) is 0 Å². The second-order valence-corrected chi connectivity index (χ2v) is 6.71. The number of nitrogens with one attached hydrogen (secondary N) is 2. The van der Waals surface area contributed by atoms with Crippen molar-refractivity contribution in [2.45, 2.75) is 32.7 Å². The number of carbonyl (C=O) groups is 3. The van der Waals surface area contributed by atoms with Gasteiger partial charge in [-0.25, -0.2) is 0 Å². The summed E-state index contributed by atoms with van der Waals surface area (Å²) < 4.78 is 0. The predicted octanol–water partition coefficient (Wildman–Crippen LogP) is 2.64. The largest absolute Gasteiger partial charge is 0.481 e. The first-order chi connectivity index (χ1) is 12.8. The number of anilines is 1. The second-order valence-electron chi connectivity index (χ2n) is 6.71. The van der Waals surface area contributed by atoms with E-state index in [9.17, 15) is 14.4 Å². The lowest BCUT2D eigenvalue weighted by atomic mass is 10.0. The van der Waals surface area contributed by atoms with Crippen molar-refractivity contribution in [1.82, 2.24) is 5.32 Å². The van der Waals surface area contributed by atoms with E-state index in [-0.39, 0.29) is 30.6 Å². The van der Waals surface area contributed by atoms with Crippen molar-refractivity contribution in [3.05, 3.63) is 65.7 Å². The normalized spacial score (nSPS) is 11.7. The zero-order valence-electron chi connectivity index (χ0n) is 15.4. The standard InChI is InChI=1S/C21H24N2O4/c1-14(2)20(23-18(24)12-15-6-4-3-5-7-15)21(27)22-17-10-8-16(9-11-17)13-19(25)26/h3-11,14,20H,12-13H2,1-2H3,(H,22,27)(H,23,24)(H,25,26). The van der Waals surface area contributed by atoms with E-state index in [2.05, 4.69) is 10.6 Å². The van der Waals surface area contributed by atoms with Gasteiger partial charge in [0.2, 0.25) is 11.8 Å². The minimum absolute atomic E-state index is 0.0710. The molecule has 2 amide bonds. The molecule has 0 aliphatic heterocycles. The van der Waals surface area contributed by atoms with Gasteiger partial charge in [-0.15, -0.1) is 0 Å². The van der Waals surface area contributed by atoms with Crippen LogP contribution in [0.15, 0.2) is 54.6 Å². The van der Waals surface area contributed by atoms with Crippen LogP contribution in [-0.4, -0.2) is 28.9 Å². The first kappa shape index (κ1) is 20.2. The van der Waals surface area contributed by atoms with Gasteiger partial charge in [0.1, 0.15) is 6.04 Å². The van der Waals surface area contributed by atoms with Crippen LogP contribution in [0.2, 0.25) is 0 Å². The number of hydrogen-bond donors (Lipinski definition) is 3. The molecule has 0 aliphatic carbocycles. The molecule has 0 spiro atoms. The molecule has 2 aromatic rings. The van der Waals surface area contributed by atoms with E-state index in [1.165, 1.54) is 0 Å². The fraction of sp³-hybridized carbons (Fsp3) is 0.286. The molecule has 3 N–H and O–H groups in total. The Bertz CT molecular complexity index is 786. The molecule has 0 bridgehead atoms. The third kappa shape index (κ3) is 6.58. The number of hydrogen-bond acceptors (Lipinski definition) is 3. The Kier molecular flexibility index (Phi) is 7.11. The maximum atomic E-state index is 12.6. The van der Waals surface area contributed by atoms with Gasteiger partial charge in [-0.1, -0.05) is 56.3 Å². The van der Waals surface area contributed by atoms with Crippen molar-refractivity contribution in [2.75, 3.05) is 5.32 Å². The molecule has 0 heterocycles. The molecule has 0 aromatic heterocycles. The molecular formula is C21H24N2O4. The molecule has 2 rings (SSSR count). The summed E-state index contributed by atoms with van der Waals surface area (Å²) in [5.41, 5.74) is 2.08. The number of aliphatic carboxylic acids is 1. The summed E-state index contributed by atoms with van der Waals surface area (Å²) in [7, 11) is 0. The van der Waals surface area contributed by atoms with Crippen LogP contribution >= 0.6 is 0 Å². The van der Waals surface area contributed by atoms with Gasteiger partial charge >= 0.3 is 5.97 Å². The fourth-order valence-electron chi connectivity index (χ4n) is 2.64. The van der Waals surface area contributed by atoms with Gasteiger partial charge < -0.3 is 15.7 Å². The van der Waals surface area contributed by atoms with Crippen LogP contribution in [0.1, 0.15) is 25.0 Å². The predicted molar refractivity (Wildman–Crippen MR) is 103 cm³/mol. The molecule has 27 heavy (non-hydrogen) atoms. The van der Waals surface area contributed by atoms with Crippen LogP contribution in [0.3, 0.4) is 0 Å². The van der Waals surface area contributed by atoms with Gasteiger partial charge in [-0.3, -0.25) is 14.4 Å². The number of carbonyl (C=O) groups excluding carboxylic acids is 2. The van der Waals surface area contributed by atoms with Crippen LogP contribution in [0.4, 0.5) is 5.69 Å². The number of rotatable bonds is 8. The Morgan fingerprint density at radius 2 is 1.48 bits per heavy atom. The van der Waals surface area contributed by atoms with Crippen molar-refractivity contribution < 1.29 is 19.5 Å². The highest BCUT2D eigenvalue weighted by atomic mass is 16.4. The lowest BCUT2D eigenvalue weighted by Crippen LogP contribution is -2.47. The van der Waals surface area contributed by atoms with Gasteiger partial charge in [0.15, 0.2) is 0 Å². The Labute approximate surface area is 158 Å². The number of carboxylic acids is 1. The monoisotopic (exact) mass is 368 g/mol. The molecular weight excluding hydrogens is 344 g/mol. The first-order valence-corrected chi connectivity index (χ1v) is 8.80. The molecule has 6 nitrogen and oxygen atoms in total. The van der Waals surface area contributed by atoms with E-state index in [0.717, 1.165) is 5.56 Å². The molecule has 0 radical (unpaired) electrons. The molecule has 1 unspecified atom stereocenters. The Hall–Kier alpha value is -3.15. The zero-order chi connectivity index (χ0) is 19.8. The van der Waals surface area contributed by atoms with Crippen molar-refractivity contribution in [3.63, 3.8) is 0 Å². The van der Waals surface area contributed by atoms with E-state index in [1.807, 2.05) is 44.2 Å². The van der Waals surface area contributed by atoms with Crippen LogP contribution in [-0.2, 0) is 27.2 Å². The smallest absolute Gasteiger partial charge is 0.307 e.